The number of carbonyl (C=O) groups is 1. The molecule has 4 nitrogen and oxygen atoms in total. The molecule has 0 bridgehead atoms. The van der Waals surface area contributed by atoms with Crippen LogP contribution in [0.25, 0.3) is 0 Å². The fourth-order valence-electron chi connectivity index (χ4n) is 1.77. The molecule has 2 amide bonds. The first kappa shape index (κ1) is 12.3. The highest BCUT2D eigenvalue weighted by atomic mass is 16.3. The third kappa shape index (κ3) is 5.02. The van der Waals surface area contributed by atoms with E-state index in [1.807, 2.05) is 4.90 Å². The third-order valence-electron chi connectivity index (χ3n) is 2.73. The summed E-state index contributed by atoms with van der Waals surface area (Å²) in [7, 11) is 0. The molecule has 1 fully saturated rings. The summed E-state index contributed by atoms with van der Waals surface area (Å²) < 4.78 is 0. The predicted octanol–water partition coefficient (Wildman–Crippen LogP) is 1.34. The van der Waals surface area contributed by atoms with Crippen LogP contribution in [0.5, 0.6) is 0 Å². The highest BCUT2D eigenvalue weighted by molar-refractivity contribution is 5.74. The topological polar surface area (TPSA) is 52.6 Å². The van der Waals surface area contributed by atoms with Crippen molar-refractivity contribution in [2.75, 3.05) is 19.6 Å². The number of nitrogens with zero attached hydrogens (tertiary/aromatic N) is 1. The van der Waals surface area contributed by atoms with E-state index < -0.39 is 0 Å². The highest BCUT2D eigenvalue weighted by Gasteiger charge is 2.14. The van der Waals surface area contributed by atoms with Crippen LogP contribution in [0.4, 0.5) is 4.79 Å². The molecule has 88 valence electrons. The van der Waals surface area contributed by atoms with Crippen LogP contribution in [-0.4, -0.2) is 41.8 Å². The lowest BCUT2D eigenvalue weighted by Crippen LogP contribution is -2.41. The van der Waals surface area contributed by atoms with Gasteiger partial charge in [0.25, 0.3) is 0 Å². The molecular weight excluding hydrogens is 192 g/mol. The smallest absolute Gasteiger partial charge is 0.317 e. The van der Waals surface area contributed by atoms with E-state index in [9.17, 15) is 4.79 Å². The van der Waals surface area contributed by atoms with Crippen LogP contribution >= 0.6 is 0 Å². The zero-order valence-electron chi connectivity index (χ0n) is 9.54. The van der Waals surface area contributed by atoms with Gasteiger partial charge in [0.05, 0.1) is 6.10 Å². The van der Waals surface area contributed by atoms with Crippen molar-refractivity contribution in [3.05, 3.63) is 0 Å². The van der Waals surface area contributed by atoms with Crippen LogP contribution in [-0.2, 0) is 0 Å². The number of carbonyl (C=O) groups excluding carboxylic acids is 1. The molecule has 0 aliphatic carbocycles. The fourth-order valence-corrected chi connectivity index (χ4v) is 1.77. The van der Waals surface area contributed by atoms with E-state index >= 15 is 0 Å². The molecule has 1 saturated heterocycles. The number of hydrogen-bond acceptors (Lipinski definition) is 2. The summed E-state index contributed by atoms with van der Waals surface area (Å²) in [6.07, 6.45) is 4.98. The molecule has 1 atom stereocenters. The molecule has 0 aromatic heterocycles. The molecule has 1 unspecified atom stereocenters. The van der Waals surface area contributed by atoms with Crippen molar-refractivity contribution >= 4 is 6.03 Å². The lowest BCUT2D eigenvalue weighted by atomic mass is 10.2. The molecule has 1 aliphatic rings. The summed E-state index contributed by atoms with van der Waals surface area (Å²) in [6.45, 7) is 4.05. The lowest BCUT2D eigenvalue weighted by Gasteiger charge is -2.20. The van der Waals surface area contributed by atoms with Crippen LogP contribution in [0.2, 0.25) is 0 Å². The Kier molecular flexibility index (Phi) is 5.47. The Morgan fingerprint density at radius 2 is 1.93 bits per heavy atom. The quantitative estimate of drug-likeness (QED) is 0.745. The maximum absolute atomic E-state index is 11.7. The second-order valence-corrected chi connectivity index (χ2v) is 4.27. The van der Waals surface area contributed by atoms with E-state index in [0.29, 0.717) is 13.0 Å². The van der Waals surface area contributed by atoms with Crippen molar-refractivity contribution in [3.8, 4) is 0 Å². The SMILES string of the molecule is CC(O)CCNC(=O)N1CCCCCC1. The van der Waals surface area contributed by atoms with Crippen LogP contribution in [0, 0.1) is 0 Å². The minimum absolute atomic E-state index is 0.0255. The van der Waals surface area contributed by atoms with Crippen LogP contribution < -0.4 is 5.32 Å². The molecule has 0 aromatic rings. The number of rotatable bonds is 3. The lowest BCUT2D eigenvalue weighted by molar-refractivity contribution is 0.177. The van der Waals surface area contributed by atoms with Gasteiger partial charge in [0.1, 0.15) is 0 Å². The van der Waals surface area contributed by atoms with E-state index in [2.05, 4.69) is 5.32 Å². The normalized spacial score (nSPS) is 19.5. The molecule has 0 aromatic carbocycles. The molecule has 0 saturated carbocycles. The predicted molar refractivity (Wildman–Crippen MR) is 59.7 cm³/mol. The van der Waals surface area contributed by atoms with Gasteiger partial charge in [-0.15, -0.1) is 0 Å². The number of amides is 2. The van der Waals surface area contributed by atoms with Gasteiger partial charge in [-0.05, 0) is 26.2 Å². The largest absolute Gasteiger partial charge is 0.393 e. The molecule has 1 heterocycles. The van der Waals surface area contributed by atoms with Crippen molar-refractivity contribution in [3.63, 3.8) is 0 Å². The van der Waals surface area contributed by atoms with E-state index in [4.69, 9.17) is 5.11 Å². The molecule has 4 heteroatoms. The van der Waals surface area contributed by atoms with Crippen molar-refractivity contribution in [2.24, 2.45) is 0 Å². The fraction of sp³-hybridized carbons (Fsp3) is 0.909. The second kappa shape index (κ2) is 6.67. The molecule has 15 heavy (non-hydrogen) atoms. The Labute approximate surface area is 91.6 Å². The number of likely N-dealkylation sites (tertiary alicyclic amines) is 1. The number of urea groups is 1. The first-order chi connectivity index (χ1) is 7.20. The van der Waals surface area contributed by atoms with Crippen LogP contribution in [0.1, 0.15) is 39.0 Å². The van der Waals surface area contributed by atoms with Gasteiger partial charge in [-0.25, -0.2) is 4.79 Å². The Morgan fingerprint density at radius 1 is 1.33 bits per heavy atom. The van der Waals surface area contributed by atoms with Crippen molar-refractivity contribution in [1.82, 2.24) is 10.2 Å². The highest BCUT2D eigenvalue weighted by Crippen LogP contribution is 2.09. The van der Waals surface area contributed by atoms with Gasteiger partial charge in [0.2, 0.25) is 0 Å². The van der Waals surface area contributed by atoms with Crippen LogP contribution in [0.15, 0.2) is 0 Å². The molecule has 0 radical (unpaired) electrons. The van der Waals surface area contributed by atoms with Gasteiger partial charge in [0, 0.05) is 19.6 Å². The van der Waals surface area contributed by atoms with E-state index in [1.54, 1.807) is 6.92 Å². The molecular formula is C11H22N2O2. The zero-order chi connectivity index (χ0) is 11.1. The van der Waals surface area contributed by atoms with Crippen molar-refractivity contribution in [2.45, 2.75) is 45.1 Å². The van der Waals surface area contributed by atoms with Gasteiger partial charge >= 0.3 is 6.03 Å². The van der Waals surface area contributed by atoms with Crippen LogP contribution in [0.3, 0.4) is 0 Å². The minimum Gasteiger partial charge on any atom is -0.393 e. The average Bonchev–Trinajstić information content (AvgIpc) is 2.44. The standard InChI is InChI=1S/C11H22N2O2/c1-10(14)6-7-12-11(15)13-8-4-2-3-5-9-13/h10,14H,2-9H2,1H3,(H,12,15). The van der Waals surface area contributed by atoms with E-state index in [0.717, 1.165) is 25.9 Å². The van der Waals surface area contributed by atoms with Gasteiger partial charge in [-0.2, -0.15) is 0 Å². The molecule has 0 spiro atoms. The summed E-state index contributed by atoms with van der Waals surface area (Å²) in [5.41, 5.74) is 0. The summed E-state index contributed by atoms with van der Waals surface area (Å²) in [5.74, 6) is 0. The summed E-state index contributed by atoms with van der Waals surface area (Å²) in [6, 6.07) is 0.0255. The molecule has 1 rings (SSSR count). The van der Waals surface area contributed by atoms with E-state index in [1.165, 1.54) is 12.8 Å². The summed E-state index contributed by atoms with van der Waals surface area (Å²) >= 11 is 0. The number of aliphatic hydroxyl groups is 1. The van der Waals surface area contributed by atoms with Gasteiger partial charge in [0.15, 0.2) is 0 Å². The second-order valence-electron chi connectivity index (χ2n) is 4.27. The van der Waals surface area contributed by atoms with E-state index in [-0.39, 0.29) is 12.1 Å². The summed E-state index contributed by atoms with van der Waals surface area (Å²) in [4.78, 5) is 13.5. The Balaban J connectivity index is 2.19. The van der Waals surface area contributed by atoms with Gasteiger partial charge in [-0.1, -0.05) is 12.8 Å². The Bertz CT molecular complexity index is 187. The maximum atomic E-state index is 11.7. The average molecular weight is 214 g/mol. The number of hydrogen-bond donors (Lipinski definition) is 2. The Morgan fingerprint density at radius 3 is 2.47 bits per heavy atom. The van der Waals surface area contributed by atoms with Gasteiger partial charge < -0.3 is 15.3 Å². The monoisotopic (exact) mass is 214 g/mol. The first-order valence-corrected chi connectivity index (χ1v) is 5.91. The van der Waals surface area contributed by atoms with Gasteiger partial charge in [-0.3, -0.25) is 0 Å². The first-order valence-electron chi connectivity index (χ1n) is 5.91. The minimum atomic E-state index is -0.338. The number of aliphatic hydroxyl groups excluding tert-OH is 1. The number of nitrogens with one attached hydrogen (secondary N) is 1. The third-order valence-corrected chi connectivity index (χ3v) is 2.73. The Hall–Kier alpha value is -0.770. The maximum Gasteiger partial charge on any atom is 0.317 e. The van der Waals surface area contributed by atoms with Crippen molar-refractivity contribution in [1.29, 1.82) is 0 Å². The summed E-state index contributed by atoms with van der Waals surface area (Å²) in [5, 5.41) is 11.9. The van der Waals surface area contributed by atoms with Crippen molar-refractivity contribution < 1.29 is 9.90 Å². The zero-order valence-corrected chi connectivity index (χ0v) is 9.54. The molecule has 2 N–H and O–H groups in total. The molecule has 1 aliphatic heterocycles.